The third-order valence-electron chi connectivity index (χ3n) is 7.27. The minimum Gasteiger partial charge on any atom is -0.324 e. The minimum atomic E-state index is -0.722. The number of amides is 1. The Morgan fingerprint density at radius 2 is 1.85 bits per heavy atom. The number of nitriles is 2. The standard InChI is InChI=1S/C26H22FN5O/c27-19-1-4-25-23(11-19)22(5-6-30-25)17-7-15-9-18(10-16(15)8-17)24(13-29)26(33)32-21-3-2-20(12-28)31-14-21/h1-6,11,14-18,24H,7-10H2,(H,32,33). The number of nitrogens with one attached hydrogen (secondary N) is 1. The van der Waals surface area contributed by atoms with E-state index in [1.807, 2.05) is 12.1 Å². The first-order chi connectivity index (χ1) is 16.1. The van der Waals surface area contributed by atoms with E-state index in [1.54, 1.807) is 24.4 Å². The van der Waals surface area contributed by atoms with Gasteiger partial charge in [-0.15, -0.1) is 0 Å². The number of benzene rings is 1. The summed E-state index contributed by atoms with van der Waals surface area (Å²) in [4.78, 5) is 21.1. The Morgan fingerprint density at radius 3 is 2.52 bits per heavy atom. The highest BCUT2D eigenvalue weighted by molar-refractivity contribution is 5.94. The number of hydrogen-bond donors (Lipinski definition) is 1. The molecular formula is C26H22FN5O. The Labute approximate surface area is 191 Å². The molecule has 7 heteroatoms. The van der Waals surface area contributed by atoms with E-state index in [4.69, 9.17) is 5.26 Å². The van der Waals surface area contributed by atoms with Crippen LogP contribution >= 0.6 is 0 Å². The predicted molar refractivity (Wildman–Crippen MR) is 120 cm³/mol. The topological polar surface area (TPSA) is 102 Å². The van der Waals surface area contributed by atoms with Crippen molar-refractivity contribution >= 4 is 22.5 Å². The summed E-state index contributed by atoms with van der Waals surface area (Å²) in [6.07, 6.45) is 6.87. The van der Waals surface area contributed by atoms with Crippen LogP contribution in [-0.4, -0.2) is 15.9 Å². The minimum absolute atomic E-state index is 0.0175. The molecule has 0 aliphatic heterocycles. The molecule has 2 aliphatic rings. The zero-order valence-corrected chi connectivity index (χ0v) is 17.9. The van der Waals surface area contributed by atoms with Crippen LogP contribution in [0.15, 0.2) is 48.8 Å². The molecule has 5 rings (SSSR count). The Balaban J connectivity index is 1.26. The second-order valence-electron chi connectivity index (χ2n) is 9.12. The van der Waals surface area contributed by atoms with Gasteiger partial charge in [-0.1, -0.05) is 0 Å². The fourth-order valence-corrected chi connectivity index (χ4v) is 5.82. The van der Waals surface area contributed by atoms with E-state index < -0.39 is 5.92 Å². The summed E-state index contributed by atoms with van der Waals surface area (Å²) in [7, 11) is 0. The molecule has 2 heterocycles. The second kappa shape index (κ2) is 8.60. The summed E-state index contributed by atoms with van der Waals surface area (Å²) in [5, 5.41) is 22.2. The molecule has 0 radical (unpaired) electrons. The van der Waals surface area contributed by atoms with Gasteiger partial charge in [-0.2, -0.15) is 10.5 Å². The molecule has 3 unspecified atom stereocenters. The van der Waals surface area contributed by atoms with Crippen LogP contribution in [0.5, 0.6) is 0 Å². The molecule has 0 bridgehead atoms. The second-order valence-corrected chi connectivity index (χ2v) is 9.12. The van der Waals surface area contributed by atoms with E-state index in [0.29, 0.717) is 23.4 Å². The van der Waals surface area contributed by atoms with Crippen LogP contribution in [0.3, 0.4) is 0 Å². The van der Waals surface area contributed by atoms with Crippen molar-refractivity contribution in [2.45, 2.75) is 31.6 Å². The van der Waals surface area contributed by atoms with Crippen molar-refractivity contribution in [1.82, 2.24) is 9.97 Å². The molecule has 3 aromatic rings. The van der Waals surface area contributed by atoms with E-state index in [9.17, 15) is 14.4 Å². The maximum atomic E-state index is 13.9. The van der Waals surface area contributed by atoms with Gasteiger partial charge in [-0.05, 0) is 91.3 Å². The molecule has 1 N–H and O–H groups in total. The Hall–Kier alpha value is -3.84. The molecular weight excluding hydrogens is 417 g/mol. The summed E-state index contributed by atoms with van der Waals surface area (Å²) in [6, 6.07) is 14.0. The monoisotopic (exact) mass is 439 g/mol. The zero-order chi connectivity index (χ0) is 22.9. The molecule has 164 valence electrons. The van der Waals surface area contributed by atoms with Gasteiger partial charge in [0.2, 0.25) is 5.91 Å². The van der Waals surface area contributed by atoms with E-state index in [0.717, 1.165) is 42.1 Å². The zero-order valence-electron chi connectivity index (χ0n) is 17.9. The van der Waals surface area contributed by atoms with Gasteiger partial charge >= 0.3 is 0 Å². The van der Waals surface area contributed by atoms with Crippen LogP contribution in [0, 0.1) is 52.2 Å². The SMILES string of the molecule is N#Cc1ccc(NC(=O)C(C#N)C2CC3CC(c4ccnc5ccc(F)cc45)CC3C2)cn1. The summed E-state index contributed by atoms with van der Waals surface area (Å²) >= 11 is 0. The number of aromatic nitrogens is 2. The summed E-state index contributed by atoms with van der Waals surface area (Å²) < 4.78 is 13.9. The molecule has 0 saturated heterocycles. The third-order valence-corrected chi connectivity index (χ3v) is 7.27. The lowest BCUT2D eigenvalue weighted by Gasteiger charge is -2.19. The molecule has 2 fully saturated rings. The summed E-state index contributed by atoms with van der Waals surface area (Å²) in [5.41, 5.74) is 2.71. The molecule has 2 saturated carbocycles. The van der Waals surface area contributed by atoms with Gasteiger partial charge in [-0.25, -0.2) is 9.37 Å². The van der Waals surface area contributed by atoms with Crippen LogP contribution < -0.4 is 5.32 Å². The molecule has 1 aromatic carbocycles. The lowest BCUT2D eigenvalue weighted by Crippen LogP contribution is -2.27. The number of hydrogen-bond acceptors (Lipinski definition) is 5. The van der Waals surface area contributed by atoms with Gasteiger partial charge in [0.05, 0.1) is 23.5 Å². The molecule has 2 aromatic heterocycles. The van der Waals surface area contributed by atoms with Gasteiger partial charge in [0.1, 0.15) is 23.5 Å². The van der Waals surface area contributed by atoms with Crippen LogP contribution in [0.25, 0.3) is 10.9 Å². The molecule has 2 aliphatic carbocycles. The number of nitrogens with zero attached hydrogens (tertiary/aromatic N) is 4. The van der Waals surface area contributed by atoms with E-state index in [2.05, 4.69) is 21.4 Å². The molecule has 0 spiro atoms. The number of halogens is 1. The smallest absolute Gasteiger partial charge is 0.242 e. The Bertz CT molecular complexity index is 1280. The molecule has 1 amide bonds. The van der Waals surface area contributed by atoms with E-state index in [-0.39, 0.29) is 23.3 Å². The average Bonchev–Trinajstić information content (AvgIpc) is 3.39. The van der Waals surface area contributed by atoms with Crippen molar-refractivity contribution < 1.29 is 9.18 Å². The fraction of sp³-hybridized carbons (Fsp3) is 0.346. The number of carbonyl (C=O) groups is 1. The van der Waals surface area contributed by atoms with E-state index >= 15 is 0 Å². The number of fused-ring (bicyclic) bond motifs is 2. The summed E-state index contributed by atoms with van der Waals surface area (Å²) in [5.74, 6) is -0.0257. The van der Waals surface area contributed by atoms with Crippen molar-refractivity contribution in [3.05, 3.63) is 65.9 Å². The van der Waals surface area contributed by atoms with Crippen LogP contribution in [0.2, 0.25) is 0 Å². The molecule has 3 atom stereocenters. The highest BCUT2D eigenvalue weighted by atomic mass is 19.1. The van der Waals surface area contributed by atoms with E-state index in [1.165, 1.54) is 18.3 Å². The number of rotatable bonds is 4. The quantitative estimate of drug-likeness (QED) is 0.620. The number of pyridine rings is 2. The van der Waals surface area contributed by atoms with Crippen LogP contribution in [0.4, 0.5) is 10.1 Å². The highest BCUT2D eigenvalue weighted by Gasteiger charge is 2.46. The van der Waals surface area contributed by atoms with Crippen molar-refractivity contribution in [3.63, 3.8) is 0 Å². The fourth-order valence-electron chi connectivity index (χ4n) is 5.82. The lowest BCUT2D eigenvalue weighted by molar-refractivity contribution is -0.119. The molecule has 33 heavy (non-hydrogen) atoms. The van der Waals surface area contributed by atoms with Gasteiger partial charge < -0.3 is 5.32 Å². The first-order valence-electron chi connectivity index (χ1n) is 11.2. The number of carbonyl (C=O) groups excluding carboxylic acids is 1. The van der Waals surface area contributed by atoms with Gasteiger partial charge in [0.25, 0.3) is 0 Å². The average molecular weight is 439 g/mol. The van der Waals surface area contributed by atoms with Crippen molar-refractivity contribution in [2.24, 2.45) is 23.7 Å². The van der Waals surface area contributed by atoms with Crippen molar-refractivity contribution in [1.29, 1.82) is 10.5 Å². The molecule has 6 nitrogen and oxygen atoms in total. The maximum Gasteiger partial charge on any atom is 0.242 e. The van der Waals surface area contributed by atoms with Crippen LogP contribution in [0.1, 0.15) is 42.9 Å². The van der Waals surface area contributed by atoms with Gasteiger partial charge in [0, 0.05) is 11.6 Å². The maximum absolute atomic E-state index is 13.9. The normalized spacial score (nSPS) is 24.6. The number of anilines is 1. The third kappa shape index (κ3) is 4.03. The Kier molecular flexibility index (Phi) is 5.48. The highest BCUT2D eigenvalue weighted by Crippen LogP contribution is 2.54. The first-order valence-corrected chi connectivity index (χ1v) is 11.2. The Morgan fingerprint density at radius 1 is 1.06 bits per heavy atom. The van der Waals surface area contributed by atoms with Crippen LogP contribution in [-0.2, 0) is 4.79 Å². The predicted octanol–water partition coefficient (Wildman–Crippen LogP) is 4.94. The largest absolute Gasteiger partial charge is 0.324 e. The van der Waals surface area contributed by atoms with Crippen molar-refractivity contribution in [3.8, 4) is 12.1 Å². The lowest BCUT2D eigenvalue weighted by atomic mass is 9.85. The van der Waals surface area contributed by atoms with Gasteiger partial charge in [0.15, 0.2) is 0 Å². The van der Waals surface area contributed by atoms with Gasteiger partial charge in [-0.3, -0.25) is 9.78 Å². The van der Waals surface area contributed by atoms with Crippen molar-refractivity contribution in [2.75, 3.05) is 5.32 Å². The summed E-state index contributed by atoms with van der Waals surface area (Å²) in [6.45, 7) is 0. The first kappa shape index (κ1) is 21.0.